The SMILES string of the molecule is C=CC(F)O[P+](=O)[O-].[Na+]. The number of hydrogen-bond acceptors (Lipinski definition) is 3. The Morgan fingerprint density at radius 1 is 1.89 bits per heavy atom. The van der Waals surface area contributed by atoms with Crippen molar-refractivity contribution in [1.29, 1.82) is 0 Å². The Balaban J connectivity index is 0. The van der Waals surface area contributed by atoms with Crippen LogP contribution >= 0.6 is 8.25 Å². The van der Waals surface area contributed by atoms with Crippen LogP contribution in [0, 0.1) is 0 Å². The first kappa shape index (κ1) is 12.4. The second kappa shape index (κ2) is 6.81. The molecule has 0 aliphatic rings. The molecule has 0 bridgehead atoms. The third-order valence-electron chi connectivity index (χ3n) is 0.372. The minimum absolute atomic E-state index is 0. The van der Waals surface area contributed by atoms with Gasteiger partial charge in [-0.1, -0.05) is 6.58 Å². The summed E-state index contributed by atoms with van der Waals surface area (Å²) in [6.45, 7) is 2.95. The molecule has 46 valence electrons. The topological polar surface area (TPSA) is 49.4 Å². The molecule has 0 saturated heterocycles. The molecule has 0 radical (unpaired) electrons. The molecular formula is C3H4FNaO3P+. The molecule has 3 nitrogen and oxygen atoms in total. The Bertz CT molecular complexity index is 109. The van der Waals surface area contributed by atoms with E-state index in [9.17, 15) is 13.8 Å². The molecule has 9 heavy (non-hydrogen) atoms. The molecule has 0 N–H and O–H groups in total. The molecule has 0 fully saturated rings. The van der Waals surface area contributed by atoms with Crippen molar-refractivity contribution in [3.8, 4) is 0 Å². The fourth-order valence-electron chi connectivity index (χ4n) is 0.125. The molecule has 0 aromatic heterocycles. The van der Waals surface area contributed by atoms with E-state index in [4.69, 9.17) is 0 Å². The molecule has 0 heterocycles. The van der Waals surface area contributed by atoms with E-state index in [1.165, 1.54) is 0 Å². The van der Waals surface area contributed by atoms with Crippen molar-refractivity contribution >= 4 is 8.25 Å². The van der Waals surface area contributed by atoms with E-state index in [1.54, 1.807) is 0 Å². The van der Waals surface area contributed by atoms with Crippen molar-refractivity contribution in [2.45, 2.75) is 6.36 Å². The summed E-state index contributed by atoms with van der Waals surface area (Å²) >= 11 is 0. The van der Waals surface area contributed by atoms with E-state index in [2.05, 4.69) is 11.1 Å². The fraction of sp³-hybridized carbons (Fsp3) is 0.333. The zero-order valence-electron chi connectivity index (χ0n) is 4.91. The summed E-state index contributed by atoms with van der Waals surface area (Å²) in [5, 5.41) is 0. The molecule has 0 rings (SSSR count). The third kappa shape index (κ3) is 8.69. The molecule has 0 aromatic carbocycles. The average Bonchev–Trinajstić information content (AvgIpc) is 1.65. The van der Waals surface area contributed by atoms with E-state index >= 15 is 0 Å². The molecule has 0 saturated carbocycles. The Morgan fingerprint density at radius 3 is 2.44 bits per heavy atom. The van der Waals surface area contributed by atoms with Crippen molar-refractivity contribution in [3.05, 3.63) is 12.7 Å². The van der Waals surface area contributed by atoms with Crippen LogP contribution in [0.5, 0.6) is 0 Å². The number of halogens is 1. The third-order valence-corrected chi connectivity index (χ3v) is 0.746. The van der Waals surface area contributed by atoms with Gasteiger partial charge in [-0.05, 0) is 10.6 Å². The van der Waals surface area contributed by atoms with Crippen LogP contribution in [-0.2, 0) is 9.09 Å². The molecule has 6 heteroatoms. The van der Waals surface area contributed by atoms with Gasteiger partial charge >= 0.3 is 37.8 Å². The van der Waals surface area contributed by atoms with Crippen molar-refractivity contribution in [2.75, 3.05) is 0 Å². The molecule has 0 amide bonds. The number of alkyl halides is 1. The van der Waals surface area contributed by atoms with Crippen LogP contribution in [0.4, 0.5) is 4.39 Å². The Labute approximate surface area is 75.1 Å². The van der Waals surface area contributed by atoms with Gasteiger partial charge in [0, 0.05) is 0 Å². The first-order valence-electron chi connectivity index (χ1n) is 1.74. The van der Waals surface area contributed by atoms with Gasteiger partial charge in [0.05, 0.1) is 0 Å². The zero-order chi connectivity index (χ0) is 6.57. The first-order chi connectivity index (χ1) is 3.66. The van der Waals surface area contributed by atoms with Crippen molar-refractivity contribution in [2.24, 2.45) is 0 Å². The van der Waals surface area contributed by atoms with Gasteiger partial charge in [-0.25, -0.2) is 4.39 Å². The van der Waals surface area contributed by atoms with Crippen LogP contribution in [0.25, 0.3) is 0 Å². The molecule has 2 unspecified atom stereocenters. The summed E-state index contributed by atoms with van der Waals surface area (Å²) in [5.41, 5.74) is 0. The number of rotatable bonds is 3. The quantitative estimate of drug-likeness (QED) is 0.261. The van der Waals surface area contributed by atoms with Crippen LogP contribution in [0.3, 0.4) is 0 Å². The normalized spacial score (nSPS) is 13.3. The zero-order valence-corrected chi connectivity index (χ0v) is 7.81. The summed E-state index contributed by atoms with van der Waals surface area (Å²) in [4.78, 5) is 9.50. The maximum Gasteiger partial charge on any atom is 1.00 e. The van der Waals surface area contributed by atoms with Crippen molar-refractivity contribution in [1.82, 2.24) is 0 Å². The largest absolute Gasteiger partial charge is 1.00 e. The fourth-order valence-corrected chi connectivity index (χ4v) is 0.376. The van der Waals surface area contributed by atoms with Gasteiger partial charge in [-0.2, -0.15) is 0 Å². The maximum atomic E-state index is 11.7. The summed E-state index contributed by atoms with van der Waals surface area (Å²) < 4.78 is 24.7. The minimum atomic E-state index is -3.09. The first-order valence-corrected chi connectivity index (χ1v) is 2.84. The van der Waals surface area contributed by atoms with E-state index < -0.39 is 14.6 Å². The molecule has 0 aliphatic carbocycles. The predicted octanol–water partition coefficient (Wildman–Crippen LogP) is -2.49. The molecule has 0 aromatic rings. The predicted molar refractivity (Wildman–Crippen MR) is 23.8 cm³/mol. The number of hydrogen-bond donors (Lipinski definition) is 0. The average molecular weight is 161 g/mol. The summed E-state index contributed by atoms with van der Waals surface area (Å²) in [6.07, 6.45) is -1.17. The molecule has 2 atom stereocenters. The molecular weight excluding hydrogens is 157 g/mol. The van der Waals surface area contributed by atoms with Gasteiger partial charge in [0.1, 0.15) is 0 Å². The van der Waals surface area contributed by atoms with E-state index in [0.29, 0.717) is 0 Å². The smallest absolute Gasteiger partial charge is 0.566 e. The monoisotopic (exact) mass is 161 g/mol. The van der Waals surface area contributed by atoms with Gasteiger partial charge in [0.25, 0.3) is 6.36 Å². The van der Waals surface area contributed by atoms with Gasteiger partial charge in [-0.3, -0.25) is 0 Å². The van der Waals surface area contributed by atoms with E-state index in [-0.39, 0.29) is 29.6 Å². The van der Waals surface area contributed by atoms with Crippen LogP contribution in [0.1, 0.15) is 0 Å². The second-order valence-corrected chi connectivity index (χ2v) is 1.57. The van der Waals surface area contributed by atoms with Crippen LogP contribution in [-0.4, -0.2) is 6.36 Å². The van der Waals surface area contributed by atoms with Gasteiger partial charge in [0.2, 0.25) is 0 Å². The van der Waals surface area contributed by atoms with Crippen LogP contribution in [0.2, 0.25) is 0 Å². The van der Waals surface area contributed by atoms with Gasteiger partial charge < -0.3 is 4.89 Å². The molecule has 0 spiro atoms. The van der Waals surface area contributed by atoms with Gasteiger partial charge in [0.15, 0.2) is 0 Å². The summed E-state index contributed by atoms with van der Waals surface area (Å²) in [7, 11) is -3.09. The second-order valence-electron chi connectivity index (χ2n) is 0.916. The Morgan fingerprint density at radius 2 is 2.33 bits per heavy atom. The van der Waals surface area contributed by atoms with Gasteiger partial charge in [-0.15, -0.1) is 4.52 Å². The van der Waals surface area contributed by atoms with E-state index in [1.807, 2.05) is 0 Å². The Hall–Kier alpha value is 0.690. The Kier molecular flexibility index (Phi) is 9.36. The van der Waals surface area contributed by atoms with Crippen molar-refractivity contribution in [3.63, 3.8) is 0 Å². The standard InChI is InChI=1S/C3H4FO3P.Na/c1-2-3(4)7-8(5)6;/h2-3H,1H2;/q;+1. The van der Waals surface area contributed by atoms with E-state index in [0.717, 1.165) is 6.08 Å². The minimum Gasteiger partial charge on any atom is -0.566 e. The summed E-state index contributed by atoms with van der Waals surface area (Å²) in [6, 6.07) is 0. The van der Waals surface area contributed by atoms with Crippen molar-refractivity contribution < 1.29 is 47.9 Å². The van der Waals surface area contributed by atoms with Crippen LogP contribution < -0.4 is 34.5 Å². The molecule has 0 aliphatic heterocycles. The van der Waals surface area contributed by atoms with Crippen LogP contribution in [0.15, 0.2) is 12.7 Å². The summed E-state index contributed by atoms with van der Waals surface area (Å²) in [5.74, 6) is 0. The maximum absolute atomic E-state index is 11.7.